The highest BCUT2D eigenvalue weighted by molar-refractivity contribution is 7.16. The first-order valence-electron chi connectivity index (χ1n) is 10.8. The van der Waals surface area contributed by atoms with Crippen LogP contribution in [-0.2, 0) is 20.9 Å². The topological polar surface area (TPSA) is 105 Å². The number of aliphatic carboxylic acids is 1. The fourth-order valence-corrected chi connectivity index (χ4v) is 5.09. The van der Waals surface area contributed by atoms with Crippen LogP contribution in [0.25, 0.3) is 11.1 Å². The maximum Gasteiger partial charge on any atom is 0.407 e. The summed E-state index contributed by atoms with van der Waals surface area (Å²) >= 11 is 7.24. The first-order chi connectivity index (χ1) is 16.4. The average Bonchev–Trinajstić information content (AvgIpc) is 3.39. The van der Waals surface area contributed by atoms with Crippen molar-refractivity contribution in [3.63, 3.8) is 0 Å². The number of benzene rings is 2. The van der Waals surface area contributed by atoms with Crippen molar-refractivity contribution in [2.24, 2.45) is 0 Å². The number of hydrogen-bond donors (Lipinski definition) is 3. The Kier molecular flexibility index (Phi) is 7.49. The Morgan fingerprint density at radius 2 is 1.65 bits per heavy atom. The Balaban J connectivity index is 1.38. The van der Waals surface area contributed by atoms with Crippen molar-refractivity contribution in [3.05, 3.63) is 81.0 Å². The highest BCUT2D eigenvalue weighted by Crippen LogP contribution is 2.44. The van der Waals surface area contributed by atoms with E-state index in [-0.39, 0.29) is 31.9 Å². The van der Waals surface area contributed by atoms with E-state index in [1.165, 1.54) is 11.3 Å². The van der Waals surface area contributed by atoms with Crippen LogP contribution in [0.1, 0.15) is 34.8 Å². The quantitative estimate of drug-likeness (QED) is 0.393. The summed E-state index contributed by atoms with van der Waals surface area (Å²) in [4.78, 5) is 37.1. The monoisotopic (exact) mass is 498 g/mol. The van der Waals surface area contributed by atoms with Crippen molar-refractivity contribution in [2.45, 2.75) is 31.3 Å². The van der Waals surface area contributed by atoms with Crippen LogP contribution in [0.4, 0.5) is 4.79 Å². The van der Waals surface area contributed by atoms with Gasteiger partial charge in [-0.25, -0.2) is 4.79 Å². The van der Waals surface area contributed by atoms with Gasteiger partial charge in [0, 0.05) is 17.2 Å². The minimum atomic E-state index is -1.06. The number of nitrogens with one attached hydrogen (secondary N) is 2. The molecule has 34 heavy (non-hydrogen) atoms. The van der Waals surface area contributed by atoms with Gasteiger partial charge in [-0.2, -0.15) is 0 Å². The number of amides is 2. The van der Waals surface area contributed by atoms with Crippen LogP contribution < -0.4 is 10.6 Å². The van der Waals surface area contributed by atoms with Crippen LogP contribution in [-0.4, -0.2) is 35.7 Å². The van der Waals surface area contributed by atoms with Gasteiger partial charge in [-0.15, -0.1) is 11.3 Å². The molecule has 0 fully saturated rings. The SMILES string of the molecule is O=C(O)CCC(NC(=O)OCC1c2ccccc2-c2ccccc21)C(=O)NCc1ccc(Cl)s1. The van der Waals surface area contributed by atoms with Gasteiger partial charge in [-0.05, 0) is 40.8 Å². The van der Waals surface area contributed by atoms with Crippen molar-refractivity contribution < 1.29 is 24.2 Å². The summed E-state index contributed by atoms with van der Waals surface area (Å²) in [6, 6.07) is 18.4. The van der Waals surface area contributed by atoms with Gasteiger partial charge < -0.3 is 20.5 Å². The molecular weight excluding hydrogens is 476 g/mol. The number of carboxylic acid groups (broad SMARTS) is 1. The number of carbonyl (C=O) groups excluding carboxylic acids is 2. The second kappa shape index (κ2) is 10.7. The molecule has 1 atom stereocenters. The van der Waals surface area contributed by atoms with E-state index in [1.54, 1.807) is 12.1 Å². The summed E-state index contributed by atoms with van der Waals surface area (Å²) in [5.41, 5.74) is 4.37. The third kappa shape index (κ3) is 5.58. The molecule has 1 aliphatic rings. The summed E-state index contributed by atoms with van der Waals surface area (Å²) in [5.74, 6) is -1.66. The standard InChI is InChI=1S/C25H23ClN2O5S/c26-22-11-9-15(34-22)13-27-24(31)21(10-12-23(29)30)28-25(32)33-14-20-18-7-3-1-5-16(18)17-6-2-4-8-19(17)20/h1-9,11,20-21H,10,12-14H2,(H,27,31)(H,28,32)(H,29,30). The van der Waals surface area contributed by atoms with Crippen LogP contribution in [0.15, 0.2) is 60.7 Å². The highest BCUT2D eigenvalue weighted by Gasteiger charge is 2.30. The summed E-state index contributed by atoms with van der Waals surface area (Å²) < 4.78 is 6.10. The van der Waals surface area contributed by atoms with E-state index < -0.39 is 24.0 Å². The van der Waals surface area contributed by atoms with Crippen LogP contribution >= 0.6 is 22.9 Å². The predicted molar refractivity (Wildman–Crippen MR) is 130 cm³/mol. The maximum absolute atomic E-state index is 12.7. The molecule has 0 bridgehead atoms. The molecule has 3 aromatic rings. The lowest BCUT2D eigenvalue weighted by Crippen LogP contribution is -2.47. The van der Waals surface area contributed by atoms with Crippen LogP contribution in [0.3, 0.4) is 0 Å². The lowest BCUT2D eigenvalue weighted by Gasteiger charge is -2.19. The Bertz CT molecular complexity index is 1170. The predicted octanol–water partition coefficient (Wildman–Crippen LogP) is 4.79. The van der Waals surface area contributed by atoms with E-state index >= 15 is 0 Å². The molecule has 0 aliphatic heterocycles. The number of halogens is 1. The molecule has 0 saturated heterocycles. The Labute approximate surface area is 205 Å². The highest BCUT2D eigenvalue weighted by atomic mass is 35.5. The molecule has 2 amide bonds. The zero-order valence-electron chi connectivity index (χ0n) is 18.1. The third-order valence-electron chi connectivity index (χ3n) is 5.66. The summed E-state index contributed by atoms with van der Waals surface area (Å²) in [7, 11) is 0. The van der Waals surface area contributed by atoms with E-state index in [2.05, 4.69) is 10.6 Å². The molecular formula is C25H23ClN2O5S. The summed E-state index contributed by atoms with van der Waals surface area (Å²) in [6.45, 7) is 0.326. The molecule has 1 aromatic heterocycles. The van der Waals surface area contributed by atoms with Crippen LogP contribution in [0.2, 0.25) is 4.34 Å². The third-order valence-corrected chi connectivity index (χ3v) is 6.90. The summed E-state index contributed by atoms with van der Waals surface area (Å²) in [5, 5.41) is 14.3. The van der Waals surface area contributed by atoms with Gasteiger partial charge in [-0.3, -0.25) is 9.59 Å². The van der Waals surface area contributed by atoms with Gasteiger partial charge in [0.15, 0.2) is 0 Å². The molecule has 3 N–H and O–H groups in total. The molecule has 9 heteroatoms. The first-order valence-corrected chi connectivity index (χ1v) is 12.0. The molecule has 1 heterocycles. The van der Waals surface area contributed by atoms with E-state index in [0.717, 1.165) is 27.1 Å². The lowest BCUT2D eigenvalue weighted by molar-refractivity contribution is -0.137. The summed E-state index contributed by atoms with van der Waals surface area (Å²) in [6.07, 6.45) is -1.10. The Hall–Kier alpha value is -3.36. The van der Waals surface area contributed by atoms with E-state index in [0.29, 0.717) is 4.34 Å². The van der Waals surface area contributed by atoms with E-state index in [1.807, 2.05) is 48.5 Å². The molecule has 0 spiro atoms. The van der Waals surface area contributed by atoms with Crippen molar-refractivity contribution in [2.75, 3.05) is 6.61 Å². The molecule has 0 radical (unpaired) electrons. The second-order valence-electron chi connectivity index (χ2n) is 7.88. The average molecular weight is 499 g/mol. The molecule has 1 unspecified atom stereocenters. The normalized spacial score (nSPS) is 13.0. The van der Waals surface area contributed by atoms with Crippen molar-refractivity contribution >= 4 is 40.9 Å². The van der Waals surface area contributed by atoms with Crippen LogP contribution in [0, 0.1) is 0 Å². The van der Waals surface area contributed by atoms with Gasteiger partial charge in [0.1, 0.15) is 12.6 Å². The number of carboxylic acids is 1. The van der Waals surface area contributed by atoms with E-state index in [9.17, 15) is 14.4 Å². The minimum Gasteiger partial charge on any atom is -0.481 e. The number of alkyl carbamates (subject to hydrolysis) is 1. The van der Waals surface area contributed by atoms with Crippen molar-refractivity contribution in [3.8, 4) is 11.1 Å². The van der Waals surface area contributed by atoms with Gasteiger partial charge in [0.2, 0.25) is 5.91 Å². The Morgan fingerprint density at radius 3 is 2.24 bits per heavy atom. The lowest BCUT2D eigenvalue weighted by atomic mass is 9.98. The largest absolute Gasteiger partial charge is 0.481 e. The smallest absolute Gasteiger partial charge is 0.407 e. The van der Waals surface area contributed by atoms with Crippen LogP contribution in [0.5, 0.6) is 0 Å². The molecule has 4 rings (SSSR count). The molecule has 176 valence electrons. The van der Waals surface area contributed by atoms with Crippen molar-refractivity contribution in [1.82, 2.24) is 10.6 Å². The first kappa shape index (κ1) is 23.8. The maximum atomic E-state index is 12.7. The van der Waals surface area contributed by atoms with Gasteiger partial charge >= 0.3 is 12.1 Å². The Morgan fingerprint density at radius 1 is 1.00 bits per heavy atom. The number of carbonyl (C=O) groups is 3. The molecule has 0 saturated carbocycles. The second-order valence-corrected chi connectivity index (χ2v) is 9.68. The molecule has 7 nitrogen and oxygen atoms in total. The number of rotatable bonds is 9. The molecule has 2 aromatic carbocycles. The number of ether oxygens (including phenoxy) is 1. The number of hydrogen-bond acceptors (Lipinski definition) is 5. The fourth-order valence-electron chi connectivity index (χ4n) is 4.06. The van der Waals surface area contributed by atoms with Gasteiger partial charge in [-0.1, -0.05) is 60.1 Å². The van der Waals surface area contributed by atoms with E-state index in [4.69, 9.17) is 21.4 Å². The number of fused-ring (bicyclic) bond motifs is 3. The zero-order valence-corrected chi connectivity index (χ0v) is 19.7. The number of thiophene rings is 1. The zero-order chi connectivity index (χ0) is 24.1. The van der Waals surface area contributed by atoms with Gasteiger partial charge in [0.05, 0.1) is 10.9 Å². The van der Waals surface area contributed by atoms with Gasteiger partial charge in [0.25, 0.3) is 0 Å². The minimum absolute atomic E-state index is 0.0590. The fraction of sp³-hybridized carbons (Fsp3) is 0.240. The van der Waals surface area contributed by atoms with Crippen molar-refractivity contribution in [1.29, 1.82) is 0 Å². The molecule has 1 aliphatic carbocycles.